The van der Waals surface area contributed by atoms with Crippen molar-refractivity contribution in [1.29, 1.82) is 0 Å². The van der Waals surface area contributed by atoms with E-state index in [4.69, 9.17) is 4.74 Å². The molecule has 0 bridgehead atoms. The summed E-state index contributed by atoms with van der Waals surface area (Å²) in [5.74, 6) is 0.926. The summed E-state index contributed by atoms with van der Waals surface area (Å²) in [6, 6.07) is 4.00. The number of hydrogen-bond acceptors (Lipinski definition) is 1. The van der Waals surface area contributed by atoms with E-state index in [2.05, 4.69) is 19.9 Å². The fourth-order valence-electron chi connectivity index (χ4n) is 1.11. The molecule has 0 saturated carbocycles. The van der Waals surface area contributed by atoms with Gasteiger partial charge in [0.2, 0.25) is 0 Å². The first-order valence-electron chi connectivity index (χ1n) is 3.62. The van der Waals surface area contributed by atoms with Crippen LogP contribution in [0.1, 0.15) is 16.7 Å². The van der Waals surface area contributed by atoms with Crippen LogP contribution in [-0.2, 0) is 32.7 Å². The molecule has 1 radical (unpaired) electrons. The second-order valence-corrected chi connectivity index (χ2v) is 2.74. The summed E-state index contributed by atoms with van der Waals surface area (Å²) in [5.41, 5.74) is 3.43. The molecule has 1 aromatic carbocycles. The molecule has 2 heteroatoms. The van der Waals surface area contributed by atoms with E-state index in [1.54, 1.807) is 7.11 Å². The summed E-state index contributed by atoms with van der Waals surface area (Å²) in [5, 5.41) is 0. The predicted molar refractivity (Wildman–Crippen MR) is 46.9 cm³/mol. The number of ether oxygens (including phenoxy) is 1. The Balaban J connectivity index is 0.00000121. The van der Waals surface area contributed by atoms with E-state index in [1.807, 2.05) is 13.0 Å². The van der Waals surface area contributed by atoms with Crippen LogP contribution >= 0.6 is 0 Å². The van der Waals surface area contributed by atoms with Crippen LogP contribution in [0.15, 0.2) is 12.1 Å². The molecule has 1 rings (SSSR count). The largest absolute Gasteiger partial charge is 0.509 e. The standard InChI is InChI=1S/C10H13O.Y/c1-7-5-8(2)9(3)10(6-7)11-4;/h5-6H,1H2,2-4H3;/q-1;. The molecule has 0 fully saturated rings. The summed E-state index contributed by atoms with van der Waals surface area (Å²) >= 11 is 0. The van der Waals surface area contributed by atoms with Gasteiger partial charge < -0.3 is 4.74 Å². The molecule has 0 aromatic heterocycles. The van der Waals surface area contributed by atoms with Gasteiger partial charge in [-0.05, 0) is 12.5 Å². The number of rotatable bonds is 1. The summed E-state index contributed by atoms with van der Waals surface area (Å²) in [4.78, 5) is 0. The molecule has 0 saturated heterocycles. The van der Waals surface area contributed by atoms with E-state index in [0.717, 1.165) is 11.3 Å². The van der Waals surface area contributed by atoms with Gasteiger partial charge in [-0.1, -0.05) is 6.92 Å². The van der Waals surface area contributed by atoms with Crippen molar-refractivity contribution < 1.29 is 37.4 Å². The summed E-state index contributed by atoms with van der Waals surface area (Å²) in [7, 11) is 1.68. The second-order valence-electron chi connectivity index (χ2n) is 2.74. The molecule has 63 valence electrons. The van der Waals surface area contributed by atoms with Crippen LogP contribution in [0.4, 0.5) is 0 Å². The van der Waals surface area contributed by atoms with Crippen molar-refractivity contribution in [3.05, 3.63) is 35.7 Å². The first-order chi connectivity index (χ1) is 5.15. The average Bonchev–Trinajstić information content (AvgIpc) is 1.96. The molecule has 12 heavy (non-hydrogen) atoms. The monoisotopic (exact) mass is 238 g/mol. The molecule has 0 aliphatic heterocycles. The fourth-order valence-corrected chi connectivity index (χ4v) is 1.11. The minimum atomic E-state index is 0. The van der Waals surface area contributed by atoms with Gasteiger partial charge in [-0.2, -0.15) is 18.6 Å². The summed E-state index contributed by atoms with van der Waals surface area (Å²) in [6.45, 7) is 7.96. The quantitative estimate of drug-likeness (QED) is 0.683. The zero-order valence-corrected chi connectivity index (χ0v) is 10.7. The van der Waals surface area contributed by atoms with Crippen LogP contribution in [-0.4, -0.2) is 7.11 Å². The summed E-state index contributed by atoms with van der Waals surface area (Å²) in [6.07, 6.45) is 0. The van der Waals surface area contributed by atoms with Crippen molar-refractivity contribution >= 4 is 0 Å². The van der Waals surface area contributed by atoms with Crippen LogP contribution in [0.25, 0.3) is 0 Å². The van der Waals surface area contributed by atoms with E-state index in [-0.39, 0.29) is 32.7 Å². The molecular weight excluding hydrogens is 225 g/mol. The Morgan fingerprint density at radius 2 is 1.83 bits per heavy atom. The van der Waals surface area contributed by atoms with E-state index < -0.39 is 0 Å². The van der Waals surface area contributed by atoms with Crippen LogP contribution < -0.4 is 4.74 Å². The third-order valence-electron chi connectivity index (χ3n) is 1.90. The fraction of sp³-hybridized carbons (Fsp3) is 0.300. The minimum Gasteiger partial charge on any atom is -0.509 e. The molecular formula is C10H13OY-. The average molecular weight is 238 g/mol. The predicted octanol–water partition coefficient (Wildman–Crippen LogP) is 2.49. The van der Waals surface area contributed by atoms with E-state index in [0.29, 0.717) is 0 Å². The molecule has 1 nitrogen and oxygen atoms in total. The maximum Gasteiger partial charge on any atom is 0.0759 e. The van der Waals surface area contributed by atoms with Crippen molar-refractivity contribution in [2.24, 2.45) is 0 Å². The number of benzene rings is 1. The first-order valence-corrected chi connectivity index (χ1v) is 3.62. The molecule has 0 amide bonds. The van der Waals surface area contributed by atoms with Gasteiger partial charge in [0.05, 0.1) is 12.9 Å². The Morgan fingerprint density at radius 3 is 2.33 bits per heavy atom. The molecule has 0 unspecified atom stereocenters. The van der Waals surface area contributed by atoms with Crippen LogP contribution in [0, 0.1) is 20.8 Å². The molecule has 0 aliphatic rings. The maximum atomic E-state index is 5.17. The van der Waals surface area contributed by atoms with Crippen molar-refractivity contribution in [1.82, 2.24) is 0 Å². The van der Waals surface area contributed by atoms with E-state index in [9.17, 15) is 0 Å². The van der Waals surface area contributed by atoms with Crippen molar-refractivity contribution in [2.75, 3.05) is 7.11 Å². The van der Waals surface area contributed by atoms with Gasteiger partial charge in [-0.25, -0.2) is 0 Å². The zero-order chi connectivity index (χ0) is 8.43. The van der Waals surface area contributed by atoms with Crippen molar-refractivity contribution in [3.63, 3.8) is 0 Å². The minimum absolute atomic E-state index is 0. The molecule has 1 aromatic rings. The normalized spacial score (nSPS) is 8.92. The first kappa shape index (κ1) is 12.0. The number of aryl methyl sites for hydroxylation is 1. The van der Waals surface area contributed by atoms with Crippen LogP contribution in [0.5, 0.6) is 5.75 Å². The summed E-state index contributed by atoms with van der Waals surface area (Å²) < 4.78 is 5.17. The van der Waals surface area contributed by atoms with Gasteiger partial charge in [0.25, 0.3) is 0 Å². The second kappa shape index (κ2) is 4.88. The maximum absolute atomic E-state index is 5.17. The number of methoxy groups -OCH3 is 1. The Bertz CT molecular complexity index is 269. The third-order valence-corrected chi connectivity index (χ3v) is 1.90. The van der Waals surface area contributed by atoms with Gasteiger partial charge in [-0.15, -0.1) is 11.6 Å². The smallest absolute Gasteiger partial charge is 0.0759 e. The molecule has 0 heterocycles. The van der Waals surface area contributed by atoms with Crippen LogP contribution in [0.2, 0.25) is 0 Å². The molecule has 0 aliphatic carbocycles. The number of hydrogen-bond donors (Lipinski definition) is 0. The Kier molecular flexibility index (Phi) is 4.88. The van der Waals surface area contributed by atoms with Crippen LogP contribution in [0.3, 0.4) is 0 Å². The van der Waals surface area contributed by atoms with Gasteiger partial charge in [-0.3, -0.25) is 0 Å². The SMILES string of the molecule is [CH2-]c1cc(C)c(C)c(OC)c1.[Y]. The van der Waals surface area contributed by atoms with Gasteiger partial charge >= 0.3 is 0 Å². The van der Waals surface area contributed by atoms with E-state index in [1.165, 1.54) is 11.1 Å². The molecule has 0 spiro atoms. The van der Waals surface area contributed by atoms with Gasteiger partial charge in [0.1, 0.15) is 0 Å². The third kappa shape index (κ3) is 2.50. The topological polar surface area (TPSA) is 9.23 Å². The zero-order valence-electron chi connectivity index (χ0n) is 7.85. The van der Waals surface area contributed by atoms with E-state index >= 15 is 0 Å². The van der Waals surface area contributed by atoms with Gasteiger partial charge in [0.15, 0.2) is 0 Å². The van der Waals surface area contributed by atoms with Gasteiger partial charge in [0, 0.05) is 32.7 Å². The Morgan fingerprint density at radius 1 is 1.25 bits per heavy atom. The Labute approximate surface area is 99.4 Å². The van der Waals surface area contributed by atoms with Crippen molar-refractivity contribution in [2.45, 2.75) is 13.8 Å². The molecule has 0 atom stereocenters. The Hall–Kier alpha value is -0.00610. The van der Waals surface area contributed by atoms with Crippen molar-refractivity contribution in [3.8, 4) is 5.75 Å². The molecule has 0 N–H and O–H groups in total.